The van der Waals surface area contributed by atoms with Gasteiger partial charge in [-0.25, -0.2) is 0 Å². The fraction of sp³-hybridized carbons (Fsp3) is 0.533. The van der Waals surface area contributed by atoms with E-state index in [2.05, 4.69) is 9.64 Å². The Morgan fingerprint density at radius 2 is 1.86 bits per heavy atom. The van der Waals surface area contributed by atoms with Gasteiger partial charge in [0.25, 0.3) is 12.2 Å². The molecule has 21 heavy (non-hydrogen) atoms. The summed E-state index contributed by atoms with van der Waals surface area (Å²) in [5.74, 6) is 0. The van der Waals surface area contributed by atoms with Crippen LogP contribution >= 0.6 is 0 Å². The molecule has 0 amide bonds. The monoisotopic (exact) mass is 294 g/mol. The molecule has 0 radical (unpaired) electrons. The summed E-state index contributed by atoms with van der Waals surface area (Å²) in [7, 11) is 0. The van der Waals surface area contributed by atoms with Gasteiger partial charge in [0.15, 0.2) is 0 Å². The minimum absolute atomic E-state index is 0.226. The van der Waals surface area contributed by atoms with E-state index in [9.17, 15) is 14.9 Å². The van der Waals surface area contributed by atoms with Crippen LogP contribution in [0.15, 0.2) is 24.3 Å². The van der Waals surface area contributed by atoms with E-state index in [4.69, 9.17) is 0 Å². The lowest BCUT2D eigenvalue weighted by molar-refractivity contribution is -0.384. The largest absolute Gasteiger partial charge is 0.468 e. The van der Waals surface area contributed by atoms with Crippen LogP contribution in [0.4, 0.5) is 11.4 Å². The fourth-order valence-corrected chi connectivity index (χ4v) is 2.27. The van der Waals surface area contributed by atoms with Crippen LogP contribution in [0.5, 0.6) is 0 Å². The van der Waals surface area contributed by atoms with E-state index >= 15 is 0 Å². The lowest BCUT2D eigenvalue weighted by Gasteiger charge is -2.22. The highest BCUT2D eigenvalue weighted by molar-refractivity contribution is 5.63. The molecule has 1 aliphatic rings. The molecule has 6 heteroatoms. The molecule has 1 fully saturated rings. The standard InChI is InChI=1S/C12H16N2O2.C3H6O2/c15-14(16)12-8-4-3-7-11(12)13-9-5-1-2-6-10-13;1-2-5-3-4/h3-4,7-8H,1-2,5-6,9-10H2;3H,2H2,1H3. The highest BCUT2D eigenvalue weighted by Crippen LogP contribution is 2.29. The lowest BCUT2D eigenvalue weighted by atomic mass is 10.2. The molecule has 1 saturated heterocycles. The Kier molecular flexibility index (Phi) is 7.86. The Balaban J connectivity index is 0.000000383. The molecular weight excluding hydrogens is 272 g/mol. The molecule has 0 spiro atoms. The third kappa shape index (κ3) is 5.81. The van der Waals surface area contributed by atoms with E-state index in [-0.39, 0.29) is 10.6 Å². The molecular formula is C15H22N2O4. The Hall–Kier alpha value is -2.11. The molecule has 0 saturated carbocycles. The van der Waals surface area contributed by atoms with Crippen LogP contribution in [-0.4, -0.2) is 31.1 Å². The van der Waals surface area contributed by atoms with E-state index < -0.39 is 0 Å². The maximum Gasteiger partial charge on any atom is 0.293 e. The number of nitro groups is 1. The number of benzene rings is 1. The normalized spacial score (nSPS) is 14.4. The molecule has 0 unspecified atom stereocenters. The zero-order valence-electron chi connectivity index (χ0n) is 12.4. The van der Waals surface area contributed by atoms with Crippen molar-refractivity contribution in [1.82, 2.24) is 0 Å². The minimum atomic E-state index is -0.291. The van der Waals surface area contributed by atoms with E-state index in [1.165, 1.54) is 12.8 Å². The van der Waals surface area contributed by atoms with Gasteiger partial charge >= 0.3 is 0 Å². The molecule has 116 valence electrons. The van der Waals surface area contributed by atoms with Crippen LogP contribution < -0.4 is 4.90 Å². The molecule has 1 aliphatic heterocycles. The average molecular weight is 294 g/mol. The predicted octanol–water partition coefficient (Wildman–Crippen LogP) is 3.15. The number of hydrogen-bond donors (Lipinski definition) is 0. The smallest absolute Gasteiger partial charge is 0.293 e. The minimum Gasteiger partial charge on any atom is -0.468 e. The summed E-state index contributed by atoms with van der Waals surface area (Å²) in [6.45, 7) is 4.54. The second-order valence-electron chi connectivity index (χ2n) is 4.70. The molecule has 1 aromatic carbocycles. The molecule has 0 atom stereocenters. The molecule has 0 N–H and O–H groups in total. The fourth-order valence-electron chi connectivity index (χ4n) is 2.27. The SMILES string of the molecule is CCOC=O.O=[N+]([O-])c1ccccc1N1CCCCCC1. The molecule has 0 aromatic heterocycles. The second-order valence-corrected chi connectivity index (χ2v) is 4.70. The molecule has 0 aliphatic carbocycles. The van der Waals surface area contributed by atoms with Crippen LogP contribution in [0.1, 0.15) is 32.6 Å². The van der Waals surface area contributed by atoms with E-state index in [0.29, 0.717) is 13.1 Å². The first-order valence-electron chi connectivity index (χ1n) is 7.24. The number of nitrogens with zero attached hydrogens (tertiary/aromatic N) is 2. The highest BCUT2D eigenvalue weighted by Gasteiger charge is 2.19. The van der Waals surface area contributed by atoms with Gasteiger partial charge < -0.3 is 9.64 Å². The van der Waals surface area contributed by atoms with Gasteiger partial charge in [-0.2, -0.15) is 0 Å². The van der Waals surface area contributed by atoms with Gasteiger partial charge in [-0.05, 0) is 25.8 Å². The van der Waals surface area contributed by atoms with Crippen LogP contribution in [0, 0.1) is 10.1 Å². The van der Waals surface area contributed by atoms with Crippen LogP contribution in [-0.2, 0) is 9.53 Å². The first-order valence-corrected chi connectivity index (χ1v) is 7.24. The summed E-state index contributed by atoms with van der Waals surface area (Å²) >= 11 is 0. The number of carbonyl (C=O) groups excluding carboxylic acids is 1. The average Bonchev–Trinajstić information content (AvgIpc) is 2.78. The van der Waals surface area contributed by atoms with Crippen LogP contribution in [0.25, 0.3) is 0 Å². The quantitative estimate of drug-likeness (QED) is 0.484. The Labute approximate surface area is 124 Å². The van der Waals surface area contributed by atoms with E-state index in [1.54, 1.807) is 19.1 Å². The molecule has 6 nitrogen and oxygen atoms in total. The van der Waals surface area contributed by atoms with Crippen molar-refractivity contribution in [2.75, 3.05) is 24.6 Å². The predicted molar refractivity (Wildman–Crippen MR) is 81.5 cm³/mol. The van der Waals surface area contributed by atoms with Crippen molar-refractivity contribution in [2.45, 2.75) is 32.6 Å². The summed E-state index contributed by atoms with van der Waals surface area (Å²) in [6, 6.07) is 7.02. The van der Waals surface area contributed by atoms with Crippen molar-refractivity contribution < 1.29 is 14.5 Å². The highest BCUT2D eigenvalue weighted by atomic mass is 16.6. The number of rotatable bonds is 4. The molecule has 2 rings (SSSR count). The van der Waals surface area contributed by atoms with Crippen molar-refractivity contribution in [2.24, 2.45) is 0 Å². The van der Waals surface area contributed by atoms with Crippen molar-refractivity contribution in [3.63, 3.8) is 0 Å². The number of para-hydroxylation sites is 2. The summed E-state index contributed by atoms with van der Waals surface area (Å²) < 4.78 is 4.15. The maximum absolute atomic E-state index is 10.9. The summed E-state index contributed by atoms with van der Waals surface area (Å²) in [5, 5.41) is 10.9. The van der Waals surface area contributed by atoms with Crippen LogP contribution in [0.2, 0.25) is 0 Å². The van der Waals surface area contributed by atoms with Gasteiger partial charge in [0.1, 0.15) is 5.69 Å². The summed E-state index contributed by atoms with van der Waals surface area (Å²) in [5.41, 5.74) is 0.999. The number of hydrogen-bond acceptors (Lipinski definition) is 5. The topological polar surface area (TPSA) is 72.7 Å². The lowest BCUT2D eigenvalue weighted by Crippen LogP contribution is -2.24. The van der Waals surface area contributed by atoms with Crippen molar-refractivity contribution in [1.29, 1.82) is 0 Å². The van der Waals surface area contributed by atoms with Crippen molar-refractivity contribution in [3.05, 3.63) is 34.4 Å². The Morgan fingerprint density at radius 3 is 2.33 bits per heavy atom. The number of anilines is 1. The number of ether oxygens (including phenoxy) is 1. The van der Waals surface area contributed by atoms with Crippen molar-refractivity contribution in [3.8, 4) is 0 Å². The molecule has 1 heterocycles. The van der Waals surface area contributed by atoms with Gasteiger partial charge in [0.05, 0.1) is 11.5 Å². The zero-order chi connectivity index (χ0) is 15.5. The van der Waals surface area contributed by atoms with Gasteiger partial charge in [-0.15, -0.1) is 0 Å². The zero-order valence-corrected chi connectivity index (χ0v) is 12.4. The third-order valence-electron chi connectivity index (χ3n) is 3.26. The van der Waals surface area contributed by atoms with E-state index in [1.807, 2.05) is 12.1 Å². The van der Waals surface area contributed by atoms with Gasteiger partial charge in [-0.1, -0.05) is 25.0 Å². The van der Waals surface area contributed by atoms with Gasteiger partial charge in [0, 0.05) is 19.2 Å². The molecule has 0 bridgehead atoms. The maximum atomic E-state index is 10.9. The molecule has 1 aromatic rings. The first-order chi connectivity index (χ1) is 10.2. The Bertz CT molecular complexity index is 443. The third-order valence-corrected chi connectivity index (χ3v) is 3.26. The first kappa shape index (κ1) is 16.9. The Morgan fingerprint density at radius 1 is 1.24 bits per heavy atom. The number of nitro benzene ring substituents is 1. The van der Waals surface area contributed by atoms with Gasteiger partial charge in [-0.3, -0.25) is 14.9 Å². The van der Waals surface area contributed by atoms with Crippen LogP contribution in [0.3, 0.4) is 0 Å². The summed E-state index contributed by atoms with van der Waals surface area (Å²) in [4.78, 5) is 22.0. The van der Waals surface area contributed by atoms with Crippen molar-refractivity contribution >= 4 is 17.8 Å². The van der Waals surface area contributed by atoms with Gasteiger partial charge in [0.2, 0.25) is 0 Å². The van der Waals surface area contributed by atoms with E-state index in [0.717, 1.165) is 31.6 Å². The second kappa shape index (κ2) is 9.74. The number of carbonyl (C=O) groups is 1. The summed E-state index contributed by atoms with van der Waals surface area (Å²) in [6.07, 6.45) is 4.73.